The van der Waals surface area contributed by atoms with E-state index in [0.29, 0.717) is 34.7 Å². The molecule has 4 aliphatic rings. The second kappa shape index (κ2) is 22.1. The number of hydrogen-bond donors (Lipinski definition) is 7. The molecule has 7 N–H and O–H groups in total. The number of nitrogens with one attached hydrogen (secondary N) is 7. The normalized spacial score (nSPS) is 17.5. The first-order valence-electron chi connectivity index (χ1n) is 22.6. The molecule has 4 atom stereocenters. The van der Waals surface area contributed by atoms with Gasteiger partial charge in [0, 0.05) is 69.0 Å². The predicted octanol–water partition coefficient (Wildman–Crippen LogP) is 8.54. The number of carbonyl (C=O) groups excluding carboxylic acids is 4. The number of benzene rings is 4. The number of terminal acetylenes is 1. The number of H-pyrrole nitrogens is 2. The zero-order chi connectivity index (χ0) is 46.9. The fourth-order valence-electron chi connectivity index (χ4n) is 8.32. The van der Waals surface area contributed by atoms with E-state index in [0.717, 1.165) is 77.2 Å². The molecule has 0 spiro atoms. The van der Waals surface area contributed by atoms with Gasteiger partial charge in [-0.2, -0.15) is 10.2 Å². The lowest BCUT2D eigenvalue weighted by Gasteiger charge is -2.08. The Labute approximate surface area is 401 Å². The van der Waals surface area contributed by atoms with Crippen molar-refractivity contribution in [2.75, 3.05) is 24.2 Å². The van der Waals surface area contributed by atoms with Crippen LogP contribution < -0.4 is 26.8 Å². The van der Waals surface area contributed by atoms with E-state index < -0.39 is 0 Å². The fourth-order valence-corrected chi connectivity index (χ4v) is 8.32. The Kier molecular flexibility index (Phi) is 15.6. The van der Waals surface area contributed by atoms with E-state index in [1.165, 1.54) is 11.1 Å². The van der Waals surface area contributed by atoms with Gasteiger partial charge in [0.2, 0.25) is 11.8 Å². The summed E-state index contributed by atoms with van der Waals surface area (Å²) in [6.45, 7) is 4.69. The van der Waals surface area contributed by atoms with Crippen LogP contribution in [-0.2, 0) is 9.59 Å². The summed E-state index contributed by atoms with van der Waals surface area (Å²) in [6.07, 6.45) is 13.6. The minimum atomic E-state index is -0.321. The lowest BCUT2D eigenvalue weighted by molar-refractivity contribution is -0.118. The van der Waals surface area contributed by atoms with Crippen molar-refractivity contribution in [3.63, 3.8) is 0 Å². The average molecular weight is 927 g/mol. The molecular formula is C54H52ClN9O4. The third-order valence-electron chi connectivity index (χ3n) is 11.8. The molecule has 2 saturated carbocycles. The van der Waals surface area contributed by atoms with Crippen molar-refractivity contribution in [2.45, 2.75) is 64.2 Å². The smallest absolute Gasteiger partial charge is 0.272 e. The van der Waals surface area contributed by atoms with Crippen LogP contribution in [0.3, 0.4) is 0 Å². The van der Waals surface area contributed by atoms with E-state index in [1.807, 2.05) is 55.6 Å². The van der Waals surface area contributed by atoms with Gasteiger partial charge in [0.25, 0.3) is 11.8 Å². The monoisotopic (exact) mass is 925 g/mol. The molecule has 344 valence electrons. The van der Waals surface area contributed by atoms with Crippen LogP contribution in [-0.4, -0.2) is 59.6 Å². The number of aromatic nitrogens is 2. The van der Waals surface area contributed by atoms with Gasteiger partial charge in [0.15, 0.2) is 0 Å². The molecule has 2 aromatic heterocycles. The van der Waals surface area contributed by atoms with Gasteiger partial charge in [-0.1, -0.05) is 86.4 Å². The van der Waals surface area contributed by atoms with Gasteiger partial charge in [-0.15, -0.1) is 24.8 Å². The van der Waals surface area contributed by atoms with Crippen molar-refractivity contribution in [2.24, 2.45) is 22.0 Å². The van der Waals surface area contributed by atoms with Gasteiger partial charge >= 0.3 is 0 Å². The second-order valence-corrected chi connectivity index (χ2v) is 16.7. The molecule has 10 rings (SSSR count). The SMILES string of the molecule is C#CCCC.CCCC#Cc1[nH]c2cc(NC(=O)[C@@H]3C[C@H]3c3ccccc3)cc3c2c1C=NNC3=O.CNCC#Cc1[nH]c2cc(NC(=O)[C@@H]3C[C@H]3c3ccccc3)cc3c2c1C=NNC3=O.Cl. The number of aromatic amines is 2. The Morgan fingerprint density at radius 3 is 1.54 bits per heavy atom. The van der Waals surface area contributed by atoms with Gasteiger partial charge in [-0.05, 0) is 91.8 Å². The molecule has 13 nitrogen and oxygen atoms in total. The van der Waals surface area contributed by atoms with Crippen molar-refractivity contribution in [3.05, 3.63) is 130 Å². The van der Waals surface area contributed by atoms with Gasteiger partial charge in [0.1, 0.15) is 0 Å². The highest BCUT2D eigenvalue weighted by molar-refractivity contribution is 6.18. The third-order valence-corrected chi connectivity index (χ3v) is 11.8. The minimum absolute atomic E-state index is 0. The highest BCUT2D eigenvalue weighted by atomic mass is 35.5. The van der Waals surface area contributed by atoms with Crippen LogP contribution in [0.4, 0.5) is 11.4 Å². The molecular weight excluding hydrogens is 874 g/mol. The Hall–Kier alpha value is -7.89. The molecule has 4 aromatic carbocycles. The van der Waals surface area contributed by atoms with Gasteiger partial charge in [-0.25, -0.2) is 10.9 Å². The lowest BCUT2D eigenvalue weighted by atomic mass is 10.0. The lowest BCUT2D eigenvalue weighted by Crippen LogP contribution is -2.18. The van der Waals surface area contributed by atoms with Gasteiger partial charge in [0.05, 0.1) is 41.5 Å². The number of anilines is 2. The summed E-state index contributed by atoms with van der Waals surface area (Å²) in [6, 6.07) is 27.3. The van der Waals surface area contributed by atoms with Crippen molar-refractivity contribution >= 4 is 81.6 Å². The van der Waals surface area contributed by atoms with Crippen LogP contribution in [0.15, 0.2) is 95.1 Å². The number of hydrogen-bond acceptors (Lipinski definition) is 7. The molecule has 68 heavy (non-hydrogen) atoms. The largest absolute Gasteiger partial charge is 0.347 e. The zero-order valence-corrected chi connectivity index (χ0v) is 38.8. The summed E-state index contributed by atoms with van der Waals surface area (Å²) in [5.74, 6) is 14.6. The Bertz CT molecular complexity index is 2900. The van der Waals surface area contributed by atoms with Crippen molar-refractivity contribution in [1.82, 2.24) is 26.1 Å². The third kappa shape index (κ3) is 10.9. The average Bonchev–Trinajstić information content (AvgIpc) is 4.27. The van der Waals surface area contributed by atoms with Crippen molar-refractivity contribution < 1.29 is 19.2 Å². The molecule has 14 heteroatoms. The second-order valence-electron chi connectivity index (χ2n) is 16.7. The first-order valence-corrected chi connectivity index (χ1v) is 22.6. The molecule has 6 aromatic rings. The van der Waals surface area contributed by atoms with Crippen LogP contribution in [0, 0.1) is 47.9 Å². The van der Waals surface area contributed by atoms with E-state index in [1.54, 1.807) is 24.6 Å². The van der Waals surface area contributed by atoms with Crippen LogP contribution in [0.1, 0.15) is 119 Å². The number of rotatable bonds is 9. The molecule has 2 aliphatic heterocycles. The molecule has 0 bridgehead atoms. The molecule has 4 amide bonds. The first-order chi connectivity index (χ1) is 32.7. The van der Waals surface area contributed by atoms with E-state index in [9.17, 15) is 19.2 Å². The number of hydrazone groups is 2. The number of unbranched alkanes of at least 4 members (excludes halogenated alkanes) is 2. The van der Waals surface area contributed by atoms with Gasteiger partial charge in [-0.3, -0.25) is 19.2 Å². The predicted molar refractivity (Wildman–Crippen MR) is 272 cm³/mol. The van der Waals surface area contributed by atoms with E-state index >= 15 is 0 Å². The Balaban J connectivity index is 0.000000181. The summed E-state index contributed by atoms with van der Waals surface area (Å²) >= 11 is 0. The highest BCUT2D eigenvalue weighted by Gasteiger charge is 2.45. The Morgan fingerprint density at radius 2 is 1.13 bits per heavy atom. The number of carbonyl (C=O) groups is 4. The molecule has 2 aliphatic carbocycles. The van der Waals surface area contributed by atoms with E-state index in [2.05, 4.69) is 115 Å². The summed E-state index contributed by atoms with van der Waals surface area (Å²) in [7, 11) is 1.83. The van der Waals surface area contributed by atoms with Crippen LogP contribution in [0.25, 0.3) is 21.8 Å². The summed E-state index contributed by atoms with van der Waals surface area (Å²) in [4.78, 5) is 57.4. The molecule has 2 fully saturated rings. The number of amides is 4. The zero-order valence-electron chi connectivity index (χ0n) is 38.0. The maximum absolute atomic E-state index is 12.8. The van der Waals surface area contributed by atoms with Crippen LogP contribution in [0.5, 0.6) is 0 Å². The Morgan fingerprint density at radius 1 is 0.676 bits per heavy atom. The van der Waals surface area contributed by atoms with Gasteiger partial charge < -0.3 is 25.9 Å². The summed E-state index contributed by atoms with van der Waals surface area (Å²) in [5, 5.41) is 18.5. The molecule has 0 unspecified atom stereocenters. The van der Waals surface area contributed by atoms with E-state index in [-0.39, 0.29) is 59.7 Å². The molecule has 0 saturated heterocycles. The standard InChI is InChI=1S/C25H22N4O2.C24H21N5O2.C5H8.ClH/c1-2-3-5-10-21-20-14-26-29-25(31)19-11-16(12-22(28-21)23(19)20)27-24(30)18-13-17(18)15-8-6-4-7-9-15;1-25-9-5-8-20-19-13-26-29-24(31)18-10-15(11-21(28-20)22(18)19)27-23(30)17-12-16(17)14-6-3-2-4-7-14;1-3-5-4-2;/h4,6-9,11-12,14,17-18,28H,2-3,13H2,1H3,(H,27,30)(H,29,31);2-4,6-7,10-11,13,16-17,25,28H,9,12H2,1H3,(H,27,30)(H,29,31);1H,4-5H2,2H3;1H/t17-,18+;16-,17+;;/m00../s1. The number of nitrogens with zero attached hydrogens (tertiary/aromatic N) is 2. The number of halogens is 1. The summed E-state index contributed by atoms with van der Waals surface area (Å²) < 4.78 is 0. The van der Waals surface area contributed by atoms with Crippen molar-refractivity contribution in [1.29, 1.82) is 0 Å². The molecule has 0 radical (unpaired) electrons. The maximum atomic E-state index is 12.8. The van der Waals surface area contributed by atoms with E-state index in [4.69, 9.17) is 6.42 Å². The molecule has 4 heterocycles. The van der Waals surface area contributed by atoms with Crippen LogP contribution >= 0.6 is 12.4 Å². The maximum Gasteiger partial charge on any atom is 0.272 e. The quantitative estimate of drug-likeness (QED) is 0.0716. The summed E-state index contributed by atoms with van der Waals surface area (Å²) in [5.41, 5.74) is 13.9. The fraction of sp³-hybridized carbons (Fsp3) is 0.259. The first kappa shape index (κ1) is 48.1. The minimum Gasteiger partial charge on any atom is -0.347 e. The van der Waals surface area contributed by atoms with Crippen molar-refractivity contribution in [3.8, 4) is 36.0 Å². The van der Waals surface area contributed by atoms with Crippen LogP contribution in [0.2, 0.25) is 0 Å². The topological polar surface area (TPSA) is 185 Å². The highest BCUT2D eigenvalue weighted by Crippen LogP contribution is 2.49.